The molecule has 4 heteroatoms. The van der Waals surface area contributed by atoms with Crippen LogP contribution in [0, 0.1) is 5.82 Å². The van der Waals surface area contributed by atoms with Crippen molar-refractivity contribution in [1.29, 1.82) is 0 Å². The third-order valence-electron chi connectivity index (χ3n) is 2.57. The first-order valence-electron chi connectivity index (χ1n) is 5.33. The van der Waals surface area contributed by atoms with Crippen molar-refractivity contribution in [1.82, 2.24) is 0 Å². The number of aliphatic carboxylic acids is 1. The van der Waals surface area contributed by atoms with Gasteiger partial charge in [-0.1, -0.05) is 35.9 Å². The van der Waals surface area contributed by atoms with Gasteiger partial charge in [-0.15, -0.1) is 0 Å². The van der Waals surface area contributed by atoms with Gasteiger partial charge in [-0.25, -0.2) is 4.39 Å². The third-order valence-corrected chi connectivity index (χ3v) is 2.81. The average molecular weight is 265 g/mol. The molecule has 0 aliphatic rings. The Morgan fingerprint density at radius 3 is 2.56 bits per heavy atom. The van der Waals surface area contributed by atoms with E-state index in [0.717, 1.165) is 0 Å². The van der Waals surface area contributed by atoms with Gasteiger partial charge >= 0.3 is 5.97 Å². The van der Waals surface area contributed by atoms with Crippen molar-refractivity contribution >= 4 is 17.6 Å². The monoisotopic (exact) mass is 264 g/mol. The van der Waals surface area contributed by atoms with Gasteiger partial charge in [0, 0.05) is 10.6 Å². The van der Waals surface area contributed by atoms with Crippen LogP contribution < -0.4 is 0 Å². The zero-order valence-corrected chi connectivity index (χ0v) is 10.1. The second kappa shape index (κ2) is 5.19. The first-order valence-corrected chi connectivity index (χ1v) is 5.71. The molecule has 2 nitrogen and oxygen atoms in total. The summed E-state index contributed by atoms with van der Waals surface area (Å²) in [5.41, 5.74) is 1.44. The van der Waals surface area contributed by atoms with E-state index in [4.69, 9.17) is 16.7 Å². The van der Waals surface area contributed by atoms with Gasteiger partial charge in [-0.2, -0.15) is 0 Å². The van der Waals surface area contributed by atoms with Crippen LogP contribution in [0.4, 0.5) is 4.39 Å². The van der Waals surface area contributed by atoms with Gasteiger partial charge in [0.25, 0.3) is 0 Å². The first kappa shape index (κ1) is 12.6. The van der Waals surface area contributed by atoms with E-state index >= 15 is 0 Å². The Kier molecular flexibility index (Phi) is 3.63. The van der Waals surface area contributed by atoms with Gasteiger partial charge in [0.2, 0.25) is 0 Å². The molecule has 0 atom stereocenters. The Morgan fingerprint density at radius 2 is 1.89 bits per heavy atom. The molecule has 0 unspecified atom stereocenters. The van der Waals surface area contributed by atoms with E-state index in [1.54, 1.807) is 36.4 Å². The maximum atomic E-state index is 13.7. The molecule has 2 rings (SSSR count). The Labute approximate surface area is 109 Å². The van der Waals surface area contributed by atoms with Crippen LogP contribution in [0.2, 0.25) is 5.02 Å². The standard InChI is InChI=1S/C14H10ClFO2/c15-10-5-6-11(9(7-10)8-14(17)18)12-3-1-2-4-13(12)16/h1-7H,8H2,(H,17,18). The minimum absolute atomic E-state index is 0.190. The van der Waals surface area contributed by atoms with Crippen molar-refractivity contribution in [2.75, 3.05) is 0 Å². The van der Waals surface area contributed by atoms with Crippen molar-refractivity contribution in [3.8, 4) is 11.1 Å². The topological polar surface area (TPSA) is 37.3 Å². The molecule has 0 spiro atoms. The molecule has 0 amide bonds. The lowest BCUT2D eigenvalue weighted by Gasteiger charge is -2.09. The molecule has 0 radical (unpaired) electrons. The summed E-state index contributed by atoms with van der Waals surface area (Å²) in [7, 11) is 0. The van der Waals surface area contributed by atoms with Crippen molar-refractivity contribution in [3.05, 3.63) is 58.9 Å². The van der Waals surface area contributed by atoms with E-state index in [1.807, 2.05) is 0 Å². The maximum Gasteiger partial charge on any atom is 0.307 e. The van der Waals surface area contributed by atoms with Gasteiger partial charge in [-0.05, 0) is 29.3 Å². The van der Waals surface area contributed by atoms with E-state index < -0.39 is 5.97 Å². The van der Waals surface area contributed by atoms with Crippen LogP contribution >= 0.6 is 11.6 Å². The van der Waals surface area contributed by atoms with E-state index in [0.29, 0.717) is 21.7 Å². The highest BCUT2D eigenvalue weighted by atomic mass is 35.5. The molecule has 0 saturated carbocycles. The first-order chi connectivity index (χ1) is 8.58. The molecule has 92 valence electrons. The minimum Gasteiger partial charge on any atom is -0.481 e. The zero-order chi connectivity index (χ0) is 13.1. The number of hydrogen-bond acceptors (Lipinski definition) is 1. The highest BCUT2D eigenvalue weighted by Gasteiger charge is 2.12. The number of benzene rings is 2. The van der Waals surface area contributed by atoms with Crippen LogP contribution in [0.15, 0.2) is 42.5 Å². The molecule has 0 aliphatic heterocycles. The summed E-state index contributed by atoms with van der Waals surface area (Å²) in [5, 5.41) is 9.30. The van der Waals surface area contributed by atoms with Gasteiger partial charge in [0.05, 0.1) is 6.42 Å². The fourth-order valence-corrected chi connectivity index (χ4v) is 2.01. The molecule has 1 N–H and O–H groups in total. The number of carboxylic acids is 1. The molecule has 0 aromatic heterocycles. The highest BCUT2D eigenvalue weighted by molar-refractivity contribution is 6.30. The Bertz CT molecular complexity index is 596. The molecule has 2 aromatic rings. The number of carboxylic acid groups (broad SMARTS) is 1. The molecule has 0 heterocycles. The molecule has 2 aromatic carbocycles. The van der Waals surface area contributed by atoms with Gasteiger partial charge in [0.1, 0.15) is 5.82 Å². The lowest BCUT2D eigenvalue weighted by molar-refractivity contribution is -0.136. The van der Waals surface area contributed by atoms with Gasteiger partial charge < -0.3 is 5.11 Å². The lowest BCUT2D eigenvalue weighted by atomic mass is 9.97. The molecule has 0 aliphatic carbocycles. The Morgan fingerprint density at radius 1 is 1.17 bits per heavy atom. The predicted molar refractivity (Wildman–Crippen MR) is 68.2 cm³/mol. The van der Waals surface area contributed by atoms with Gasteiger partial charge in [-0.3, -0.25) is 4.79 Å². The second-order valence-electron chi connectivity index (χ2n) is 3.85. The summed E-state index contributed by atoms with van der Waals surface area (Å²) in [6, 6.07) is 11.1. The van der Waals surface area contributed by atoms with Crippen LogP contribution in [-0.2, 0) is 11.2 Å². The summed E-state index contributed by atoms with van der Waals surface area (Å²) in [6.07, 6.45) is -0.190. The Hall–Kier alpha value is -1.87. The summed E-state index contributed by atoms with van der Waals surface area (Å²) in [4.78, 5) is 10.8. The Balaban J connectivity index is 2.57. The normalized spacial score (nSPS) is 10.3. The maximum absolute atomic E-state index is 13.7. The van der Waals surface area contributed by atoms with E-state index in [1.165, 1.54) is 6.07 Å². The molecule has 0 bridgehead atoms. The SMILES string of the molecule is O=C(O)Cc1cc(Cl)ccc1-c1ccccc1F. The summed E-state index contributed by atoms with van der Waals surface area (Å²) < 4.78 is 13.7. The van der Waals surface area contributed by atoms with Crippen molar-refractivity contribution in [2.24, 2.45) is 0 Å². The van der Waals surface area contributed by atoms with Crippen LogP contribution in [0.1, 0.15) is 5.56 Å². The minimum atomic E-state index is -0.977. The molecule has 0 saturated heterocycles. The predicted octanol–water partition coefficient (Wildman–Crippen LogP) is 3.77. The number of carbonyl (C=O) groups is 1. The fraction of sp³-hybridized carbons (Fsp3) is 0.0714. The number of rotatable bonds is 3. The lowest BCUT2D eigenvalue weighted by Crippen LogP contribution is -2.02. The summed E-state index contributed by atoms with van der Waals surface area (Å²) in [5.74, 6) is -1.36. The van der Waals surface area contributed by atoms with Crippen molar-refractivity contribution in [2.45, 2.75) is 6.42 Å². The molecular formula is C14H10ClFO2. The number of halogens is 2. The van der Waals surface area contributed by atoms with E-state index in [2.05, 4.69) is 0 Å². The molecular weight excluding hydrogens is 255 g/mol. The van der Waals surface area contributed by atoms with Crippen molar-refractivity contribution < 1.29 is 14.3 Å². The largest absolute Gasteiger partial charge is 0.481 e. The average Bonchev–Trinajstić information content (AvgIpc) is 2.30. The van der Waals surface area contributed by atoms with Crippen LogP contribution in [0.3, 0.4) is 0 Å². The van der Waals surface area contributed by atoms with Crippen molar-refractivity contribution in [3.63, 3.8) is 0 Å². The van der Waals surface area contributed by atoms with Crippen LogP contribution in [0.5, 0.6) is 0 Å². The molecule has 18 heavy (non-hydrogen) atoms. The molecule has 0 fully saturated rings. The smallest absolute Gasteiger partial charge is 0.307 e. The number of hydrogen-bond donors (Lipinski definition) is 1. The zero-order valence-electron chi connectivity index (χ0n) is 9.36. The highest BCUT2D eigenvalue weighted by Crippen LogP contribution is 2.28. The summed E-state index contributed by atoms with van der Waals surface area (Å²) in [6.45, 7) is 0. The third kappa shape index (κ3) is 2.68. The van der Waals surface area contributed by atoms with Crippen LogP contribution in [0.25, 0.3) is 11.1 Å². The summed E-state index contributed by atoms with van der Waals surface area (Å²) >= 11 is 5.84. The quantitative estimate of drug-likeness (QED) is 0.916. The van der Waals surface area contributed by atoms with E-state index in [-0.39, 0.29) is 12.2 Å². The second-order valence-corrected chi connectivity index (χ2v) is 4.29. The van der Waals surface area contributed by atoms with Gasteiger partial charge in [0.15, 0.2) is 0 Å². The fourth-order valence-electron chi connectivity index (χ4n) is 1.81. The van der Waals surface area contributed by atoms with Crippen LogP contribution in [-0.4, -0.2) is 11.1 Å². The van der Waals surface area contributed by atoms with E-state index in [9.17, 15) is 9.18 Å².